The third-order valence-electron chi connectivity index (χ3n) is 5.10. The van der Waals surface area contributed by atoms with Gasteiger partial charge in [0.05, 0.1) is 10.5 Å². The zero-order chi connectivity index (χ0) is 22.4. The molecule has 1 N–H and O–H groups in total. The van der Waals surface area contributed by atoms with Gasteiger partial charge < -0.3 is 10.1 Å². The SMILES string of the molecule is Cc1ccc(F)cc1NC(=O)COC(=O)c1ccc(S(=O)(=O)N2CCCCCC2)cc1. The van der Waals surface area contributed by atoms with Crippen molar-refractivity contribution in [3.8, 4) is 0 Å². The molecule has 0 aromatic heterocycles. The average molecular weight is 449 g/mol. The van der Waals surface area contributed by atoms with E-state index in [1.54, 1.807) is 6.92 Å². The lowest BCUT2D eigenvalue weighted by atomic mass is 10.2. The van der Waals surface area contributed by atoms with E-state index in [9.17, 15) is 22.4 Å². The zero-order valence-corrected chi connectivity index (χ0v) is 18.1. The Balaban J connectivity index is 1.58. The van der Waals surface area contributed by atoms with Gasteiger partial charge in [0, 0.05) is 18.8 Å². The van der Waals surface area contributed by atoms with Gasteiger partial charge in [-0.15, -0.1) is 0 Å². The highest BCUT2D eigenvalue weighted by Gasteiger charge is 2.25. The quantitative estimate of drug-likeness (QED) is 0.683. The van der Waals surface area contributed by atoms with Crippen LogP contribution >= 0.6 is 0 Å². The number of nitrogens with one attached hydrogen (secondary N) is 1. The summed E-state index contributed by atoms with van der Waals surface area (Å²) in [7, 11) is -3.61. The van der Waals surface area contributed by atoms with Gasteiger partial charge in [-0.25, -0.2) is 17.6 Å². The van der Waals surface area contributed by atoms with Gasteiger partial charge in [-0.3, -0.25) is 4.79 Å². The van der Waals surface area contributed by atoms with Gasteiger partial charge in [-0.05, 0) is 61.7 Å². The van der Waals surface area contributed by atoms with E-state index < -0.39 is 34.3 Å². The highest BCUT2D eigenvalue weighted by atomic mass is 32.2. The molecule has 1 heterocycles. The lowest BCUT2D eigenvalue weighted by Gasteiger charge is -2.20. The van der Waals surface area contributed by atoms with E-state index in [0.29, 0.717) is 24.3 Å². The molecule has 31 heavy (non-hydrogen) atoms. The molecule has 0 radical (unpaired) electrons. The minimum Gasteiger partial charge on any atom is -0.452 e. The van der Waals surface area contributed by atoms with Crippen LogP contribution in [-0.2, 0) is 19.6 Å². The van der Waals surface area contributed by atoms with Crippen molar-refractivity contribution in [3.63, 3.8) is 0 Å². The standard InChI is InChI=1S/C22H25FN2O5S/c1-16-6-9-18(23)14-20(16)24-21(26)15-30-22(27)17-7-10-19(11-8-17)31(28,29)25-12-4-2-3-5-13-25/h6-11,14H,2-5,12-13,15H2,1H3,(H,24,26). The number of halogens is 1. The van der Waals surface area contributed by atoms with Crippen LogP contribution in [0.25, 0.3) is 0 Å². The number of anilines is 1. The molecule has 166 valence electrons. The van der Waals surface area contributed by atoms with E-state index >= 15 is 0 Å². The molecule has 0 saturated carbocycles. The number of amides is 1. The Morgan fingerprint density at radius 3 is 2.32 bits per heavy atom. The fourth-order valence-corrected chi connectivity index (χ4v) is 4.84. The van der Waals surface area contributed by atoms with Gasteiger partial charge in [0.2, 0.25) is 10.0 Å². The number of aryl methyl sites for hydroxylation is 1. The summed E-state index contributed by atoms with van der Waals surface area (Å²) in [5.74, 6) is -1.86. The summed E-state index contributed by atoms with van der Waals surface area (Å²) >= 11 is 0. The van der Waals surface area contributed by atoms with E-state index in [0.717, 1.165) is 25.7 Å². The maximum Gasteiger partial charge on any atom is 0.338 e. The Kier molecular flexibility index (Phi) is 7.40. The number of ether oxygens (including phenoxy) is 1. The molecule has 3 rings (SSSR count). The molecule has 1 aliphatic heterocycles. The van der Waals surface area contributed by atoms with E-state index in [1.165, 1.54) is 46.8 Å². The smallest absolute Gasteiger partial charge is 0.338 e. The van der Waals surface area contributed by atoms with Crippen molar-refractivity contribution in [2.45, 2.75) is 37.5 Å². The van der Waals surface area contributed by atoms with E-state index in [2.05, 4.69) is 5.32 Å². The van der Waals surface area contributed by atoms with Crippen molar-refractivity contribution in [2.24, 2.45) is 0 Å². The summed E-state index contributed by atoms with van der Waals surface area (Å²) in [6.07, 6.45) is 3.70. The summed E-state index contributed by atoms with van der Waals surface area (Å²) in [6, 6.07) is 9.45. The van der Waals surface area contributed by atoms with Gasteiger partial charge in [-0.1, -0.05) is 18.9 Å². The Labute approximate surface area is 181 Å². The molecule has 7 nitrogen and oxygen atoms in total. The summed E-state index contributed by atoms with van der Waals surface area (Å²) < 4.78 is 45.4. The number of sulfonamides is 1. The minimum atomic E-state index is -3.61. The van der Waals surface area contributed by atoms with Gasteiger partial charge in [0.1, 0.15) is 5.82 Å². The largest absolute Gasteiger partial charge is 0.452 e. The molecule has 0 atom stereocenters. The fraction of sp³-hybridized carbons (Fsp3) is 0.364. The monoisotopic (exact) mass is 448 g/mol. The number of hydrogen-bond donors (Lipinski definition) is 1. The Bertz CT molecular complexity index is 1050. The Morgan fingerprint density at radius 2 is 1.68 bits per heavy atom. The second kappa shape index (κ2) is 10.0. The normalized spacial score (nSPS) is 15.2. The highest BCUT2D eigenvalue weighted by molar-refractivity contribution is 7.89. The molecule has 1 fully saturated rings. The molecule has 0 aliphatic carbocycles. The zero-order valence-electron chi connectivity index (χ0n) is 17.3. The van der Waals surface area contributed by atoms with Crippen LogP contribution in [0.3, 0.4) is 0 Å². The molecule has 1 amide bonds. The molecule has 2 aromatic carbocycles. The number of rotatable bonds is 6. The van der Waals surface area contributed by atoms with Crippen molar-refractivity contribution in [1.29, 1.82) is 0 Å². The first-order valence-corrected chi connectivity index (χ1v) is 11.5. The van der Waals surface area contributed by atoms with E-state index in [4.69, 9.17) is 4.74 Å². The van der Waals surface area contributed by atoms with Crippen molar-refractivity contribution in [3.05, 3.63) is 59.4 Å². The van der Waals surface area contributed by atoms with Crippen LogP contribution in [0.4, 0.5) is 10.1 Å². The molecule has 0 bridgehead atoms. The number of hydrogen-bond acceptors (Lipinski definition) is 5. The van der Waals surface area contributed by atoms with Gasteiger partial charge >= 0.3 is 5.97 Å². The van der Waals surface area contributed by atoms with Crippen molar-refractivity contribution in [1.82, 2.24) is 4.31 Å². The molecule has 0 spiro atoms. The first-order chi connectivity index (χ1) is 14.8. The molecule has 2 aromatic rings. The molecular formula is C22H25FN2O5S. The summed E-state index contributed by atoms with van der Waals surface area (Å²) in [6.45, 7) is 2.14. The van der Waals surface area contributed by atoms with Crippen LogP contribution in [0.2, 0.25) is 0 Å². The first-order valence-electron chi connectivity index (χ1n) is 10.1. The summed E-state index contributed by atoms with van der Waals surface area (Å²) in [4.78, 5) is 24.3. The van der Waals surface area contributed by atoms with Crippen LogP contribution in [-0.4, -0.2) is 44.3 Å². The number of carbonyl (C=O) groups is 2. The van der Waals surface area contributed by atoms with Gasteiger partial charge in [0.15, 0.2) is 6.61 Å². The lowest BCUT2D eigenvalue weighted by molar-refractivity contribution is -0.119. The molecule has 1 aliphatic rings. The van der Waals surface area contributed by atoms with Crippen molar-refractivity contribution in [2.75, 3.05) is 25.0 Å². The van der Waals surface area contributed by atoms with Crippen LogP contribution in [0, 0.1) is 12.7 Å². The maximum atomic E-state index is 13.3. The van der Waals surface area contributed by atoms with Crippen LogP contribution in [0.5, 0.6) is 0 Å². The lowest BCUT2D eigenvalue weighted by Crippen LogP contribution is -2.31. The molecule has 9 heteroatoms. The van der Waals surface area contributed by atoms with Gasteiger partial charge in [-0.2, -0.15) is 4.31 Å². The predicted molar refractivity (Wildman–Crippen MR) is 114 cm³/mol. The van der Waals surface area contributed by atoms with Crippen molar-refractivity contribution >= 4 is 27.6 Å². The number of nitrogens with zero attached hydrogens (tertiary/aromatic N) is 1. The minimum absolute atomic E-state index is 0.116. The van der Waals surface area contributed by atoms with Crippen LogP contribution in [0.1, 0.15) is 41.6 Å². The number of carbonyl (C=O) groups excluding carboxylic acids is 2. The van der Waals surface area contributed by atoms with Crippen LogP contribution in [0.15, 0.2) is 47.4 Å². The first kappa shape index (κ1) is 22.9. The van der Waals surface area contributed by atoms with Crippen LogP contribution < -0.4 is 5.32 Å². The molecule has 1 saturated heterocycles. The van der Waals surface area contributed by atoms with Crippen molar-refractivity contribution < 1.29 is 27.1 Å². The average Bonchev–Trinajstić information content (AvgIpc) is 3.05. The molecular weight excluding hydrogens is 423 g/mol. The Morgan fingerprint density at radius 1 is 1.03 bits per heavy atom. The second-order valence-corrected chi connectivity index (χ2v) is 9.36. The number of esters is 1. The van der Waals surface area contributed by atoms with E-state index in [1.807, 2.05) is 0 Å². The van der Waals surface area contributed by atoms with E-state index in [-0.39, 0.29) is 10.5 Å². The Hall–Kier alpha value is -2.78. The fourth-order valence-electron chi connectivity index (χ4n) is 3.32. The second-order valence-electron chi connectivity index (χ2n) is 7.43. The maximum absolute atomic E-state index is 13.3. The predicted octanol–water partition coefficient (Wildman–Crippen LogP) is 3.49. The molecule has 0 unspecified atom stereocenters. The topological polar surface area (TPSA) is 92.8 Å². The third kappa shape index (κ3) is 5.89. The number of benzene rings is 2. The van der Waals surface area contributed by atoms with Gasteiger partial charge in [0.25, 0.3) is 5.91 Å². The summed E-state index contributed by atoms with van der Waals surface area (Å²) in [5.41, 5.74) is 1.09. The third-order valence-corrected chi connectivity index (χ3v) is 7.01. The highest BCUT2D eigenvalue weighted by Crippen LogP contribution is 2.21. The summed E-state index contributed by atoms with van der Waals surface area (Å²) in [5, 5.41) is 2.49.